The van der Waals surface area contributed by atoms with Gasteiger partial charge in [0.1, 0.15) is 5.82 Å². The third kappa shape index (κ3) is 2.71. The van der Waals surface area contributed by atoms with Crippen molar-refractivity contribution in [3.63, 3.8) is 0 Å². The SMILES string of the molecule is Cc1ccc(N(C)CC2CC(Br)C2)nc1. The monoisotopic (exact) mass is 268 g/mol. The van der Waals surface area contributed by atoms with Crippen LogP contribution in [-0.4, -0.2) is 23.4 Å². The number of nitrogens with zero attached hydrogens (tertiary/aromatic N) is 2. The average Bonchev–Trinajstić information content (AvgIpc) is 2.16. The van der Waals surface area contributed by atoms with E-state index in [0.29, 0.717) is 0 Å². The summed E-state index contributed by atoms with van der Waals surface area (Å²) in [6, 6.07) is 4.21. The summed E-state index contributed by atoms with van der Waals surface area (Å²) in [6.45, 7) is 3.19. The molecule has 0 spiro atoms. The lowest BCUT2D eigenvalue weighted by Gasteiger charge is -2.34. The van der Waals surface area contributed by atoms with E-state index in [9.17, 15) is 0 Å². The zero-order chi connectivity index (χ0) is 10.8. The summed E-state index contributed by atoms with van der Waals surface area (Å²) >= 11 is 3.62. The van der Waals surface area contributed by atoms with Gasteiger partial charge in [0.05, 0.1) is 0 Å². The lowest BCUT2D eigenvalue weighted by molar-refractivity contribution is 0.338. The molecular formula is C12H17BrN2. The van der Waals surface area contributed by atoms with Crippen LogP contribution in [-0.2, 0) is 0 Å². The smallest absolute Gasteiger partial charge is 0.128 e. The largest absolute Gasteiger partial charge is 0.359 e. The van der Waals surface area contributed by atoms with Gasteiger partial charge in [-0.05, 0) is 37.3 Å². The lowest BCUT2D eigenvalue weighted by Crippen LogP contribution is -2.34. The molecule has 0 amide bonds. The molecule has 82 valence electrons. The number of anilines is 1. The van der Waals surface area contributed by atoms with Gasteiger partial charge in [-0.2, -0.15) is 0 Å². The summed E-state index contributed by atoms with van der Waals surface area (Å²) in [5.41, 5.74) is 1.22. The van der Waals surface area contributed by atoms with Crippen molar-refractivity contribution < 1.29 is 0 Å². The highest BCUT2D eigenvalue weighted by atomic mass is 79.9. The average molecular weight is 269 g/mol. The lowest BCUT2D eigenvalue weighted by atomic mass is 9.85. The molecule has 3 heteroatoms. The van der Waals surface area contributed by atoms with E-state index in [1.807, 2.05) is 6.20 Å². The number of halogens is 1. The van der Waals surface area contributed by atoms with Crippen LogP contribution in [0.2, 0.25) is 0 Å². The van der Waals surface area contributed by atoms with Crippen molar-refractivity contribution >= 4 is 21.7 Å². The number of rotatable bonds is 3. The molecule has 1 aromatic rings. The number of aromatic nitrogens is 1. The maximum absolute atomic E-state index is 4.42. The van der Waals surface area contributed by atoms with Gasteiger partial charge in [-0.3, -0.25) is 0 Å². The zero-order valence-electron chi connectivity index (χ0n) is 9.28. The standard InChI is InChI=1S/C12H17BrN2/c1-9-3-4-12(14-7-9)15(2)8-10-5-11(13)6-10/h3-4,7,10-11H,5-6,8H2,1-2H3. The predicted octanol–water partition coefficient (Wildman–Crippen LogP) is 3.00. The van der Waals surface area contributed by atoms with E-state index < -0.39 is 0 Å². The summed E-state index contributed by atoms with van der Waals surface area (Å²) in [6.07, 6.45) is 4.53. The molecule has 0 aromatic carbocycles. The van der Waals surface area contributed by atoms with Crippen molar-refractivity contribution in [1.82, 2.24) is 4.98 Å². The Hall–Kier alpha value is -0.570. The van der Waals surface area contributed by atoms with Crippen LogP contribution in [0.5, 0.6) is 0 Å². The van der Waals surface area contributed by atoms with Gasteiger partial charge < -0.3 is 4.90 Å². The summed E-state index contributed by atoms with van der Waals surface area (Å²) < 4.78 is 0. The van der Waals surface area contributed by atoms with E-state index in [0.717, 1.165) is 23.1 Å². The molecule has 0 saturated heterocycles. The first-order chi connectivity index (χ1) is 7.15. The molecule has 2 rings (SSSR count). The van der Waals surface area contributed by atoms with Crippen molar-refractivity contribution in [3.8, 4) is 0 Å². The number of hydrogen-bond donors (Lipinski definition) is 0. The zero-order valence-corrected chi connectivity index (χ0v) is 10.9. The Morgan fingerprint density at radius 1 is 1.47 bits per heavy atom. The van der Waals surface area contributed by atoms with Crippen LogP contribution in [0.3, 0.4) is 0 Å². The van der Waals surface area contributed by atoms with Crippen LogP contribution in [0.1, 0.15) is 18.4 Å². The van der Waals surface area contributed by atoms with Crippen molar-refractivity contribution in [3.05, 3.63) is 23.9 Å². The van der Waals surface area contributed by atoms with Gasteiger partial charge in [-0.25, -0.2) is 4.98 Å². The number of hydrogen-bond acceptors (Lipinski definition) is 2. The molecule has 0 radical (unpaired) electrons. The number of alkyl halides is 1. The molecule has 1 aliphatic rings. The van der Waals surface area contributed by atoms with Crippen LogP contribution in [0.4, 0.5) is 5.82 Å². The minimum absolute atomic E-state index is 0.752. The normalized spacial score (nSPS) is 24.7. The molecule has 1 aromatic heterocycles. The van der Waals surface area contributed by atoms with Gasteiger partial charge >= 0.3 is 0 Å². The Kier molecular flexibility index (Phi) is 3.29. The van der Waals surface area contributed by atoms with Crippen LogP contribution in [0, 0.1) is 12.8 Å². The van der Waals surface area contributed by atoms with Gasteiger partial charge in [0.25, 0.3) is 0 Å². The van der Waals surface area contributed by atoms with Gasteiger partial charge in [0, 0.05) is 24.6 Å². The first-order valence-electron chi connectivity index (χ1n) is 5.43. The third-order valence-electron chi connectivity index (χ3n) is 3.00. The second-order valence-corrected chi connectivity index (χ2v) is 5.80. The predicted molar refractivity (Wildman–Crippen MR) is 67.7 cm³/mol. The topological polar surface area (TPSA) is 16.1 Å². The minimum atomic E-state index is 0.752. The minimum Gasteiger partial charge on any atom is -0.359 e. The Morgan fingerprint density at radius 2 is 2.20 bits per heavy atom. The highest BCUT2D eigenvalue weighted by Gasteiger charge is 2.27. The maximum Gasteiger partial charge on any atom is 0.128 e. The molecule has 1 aliphatic carbocycles. The van der Waals surface area contributed by atoms with Crippen molar-refractivity contribution in [1.29, 1.82) is 0 Å². The molecule has 0 bridgehead atoms. The van der Waals surface area contributed by atoms with Crippen molar-refractivity contribution in [2.75, 3.05) is 18.5 Å². The van der Waals surface area contributed by atoms with Crippen LogP contribution in [0.15, 0.2) is 18.3 Å². The molecular weight excluding hydrogens is 252 g/mol. The van der Waals surface area contributed by atoms with Crippen molar-refractivity contribution in [2.45, 2.75) is 24.6 Å². The summed E-state index contributed by atoms with van der Waals surface area (Å²) in [5, 5.41) is 0. The Balaban J connectivity index is 1.90. The molecule has 0 aliphatic heterocycles. The van der Waals surface area contributed by atoms with E-state index in [1.165, 1.54) is 18.4 Å². The van der Waals surface area contributed by atoms with E-state index in [2.05, 4.69) is 51.9 Å². The number of pyridine rings is 1. The van der Waals surface area contributed by atoms with Crippen molar-refractivity contribution in [2.24, 2.45) is 5.92 Å². The van der Waals surface area contributed by atoms with E-state index in [1.54, 1.807) is 0 Å². The molecule has 1 heterocycles. The second-order valence-electron chi connectivity index (χ2n) is 4.51. The van der Waals surface area contributed by atoms with Crippen LogP contribution >= 0.6 is 15.9 Å². The Labute approximate surface area is 99.8 Å². The molecule has 2 nitrogen and oxygen atoms in total. The first kappa shape index (κ1) is 10.9. The number of aryl methyl sites for hydroxylation is 1. The summed E-state index contributed by atoms with van der Waals surface area (Å²) in [4.78, 5) is 7.43. The first-order valence-corrected chi connectivity index (χ1v) is 6.34. The van der Waals surface area contributed by atoms with Gasteiger partial charge in [0.15, 0.2) is 0 Å². The molecule has 0 N–H and O–H groups in total. The fourth-order valence-corrected chi connectivity index (χ4v) is 3.03. The Morgan fingerprint density at radius 3 is 2.73 bits per heavy atom. The summed E-state index contributed by atoms with van der Waals surface area (Å²) in [7, 11) is 2.12. The molecule has 15 heavy (non-hydrogen) atoms. The van der Waals surface area contributed by atoms with Gasteiger partial charge in [-0.15, -0.1) is 0 Å². The molecule has 0 unspecified atom stereocenters. The highest BCUT2D eigenvalue weighted by Crippen LogP contribution is 2.34. The maximum atomic E-state index is 4.42. The van der Waals surface area contributed by atoms with E-state index in [-0.39, 0.29) is 0 Å². The summed E-state index contributed by atoms with van der Waals surface area (Å²) in [5.74, 6) is 1.92. The molecule has 0 atom stereocenters. The fourth-order valence-electron chi connectivity index (χ4n) is 1.97. The van der Waals surface area contributed by atoms with Crippen LogP contribution in [0.25, 0.3) is 0 Å². The second kappa shape index (κ2) is 4.52. The van der Waals surface area contributed by atoms with Gasteiger partial charge in [-0.1, -0.05) is 22.0 Å². The molecule has 1 fully saturated rings. The third-order valence-corrected chi connectivity index (χ3v) is 3.74. The van der Waals surface area contributed by atoms with E-state index >= 15 is 0 Å². The fraction of sp³-hybridized carbons (Fsp3) is 0.583. The Bertz CT molecular complexity index is 317. The van der Waals surface area contributed by atoms with Gasteiger partial charge in [0.2, 0.25) is 0 Å². The molecule has 1 saturated carbocycles. The quantitative estimate of drug-likeness (QED) is 0.784. The highest BCUT2D eigenvalue weighted by molar-refractivity contribution is 9.09. The van der Waals surface area contributed by atoms with Crippen LogP contribution < -0.4 is 4.90 Å². The van der Waals surface area contributed by atoms with E-state index in [4.69, 9.17) is 0 Å².